The van der Waals surface area contributed by atoms with E-state index in [1.165, 1.54) is 0 Å². The van der Waals surface area contributed by atoms with E-state index >= 15 is 0 Å². The molecule has 0 heterocycles. The van der Waals surface area contributed by atoms with Crippen LogP contribution in [0.15, 0.2) is 109 Å². The molecule has 96 valence electrons. The standard InChI is InChI=1S/C19H20/c1-7-12-15(9-3)19-14(6)16(10-4)18(13-8-2)17(19)11-5/h7-13H,1,3-6H2,2H3/b13-8-,15-12-. The molecule has 0 spiro atoms. The van der Waals surface area contributed by atoms with Crippen molar-refractivity contribution in [1.82, 2.24) is 0 Å². The van der Waals surface area contributed by atoms with E-state index in [0.29, 0.717) is 0 Å². The van der Waals surface area contributed by atoms with Crippen molar-refractivity contribution >= 4 is 0 Å². The van der Waals surface area contributed by atoms with Crippen molar-refractivity contribution in [1.29, 1.82) is 0 Å². The van der Waals surface area contributed by atoms with Crippen molar-refractivity contribution in [3.05, 3.63) is 109 Å². The van der Waals surface area contributed by atoms with Gasteiger partial charge in [-0.3, -0.25) is 0 Å². The molecule has 0 nitrogen and oxygen atoms in total. The fraction of sp³-hybridized carbons (Fsp3) is 0.0526. The number of rotatable bonds is 6. The number of hydrogen-bond acceptors (Lipinski definition) is 0. The van der Waals surface area contributed by atoms with Gasteiger partial charge in [0, 0.05) is 0 Å². The fourth-order valence-electron chi connectivity index (χ4n) is 2.24. The monoisotopic (exact) mass is 248 g/mol. The second-order valence-electron chi connectivity index (χ2n) is 4.06. The van der Waals surface area contributed by atoms with Crippen LogP contribution in [-0.4, -0.2) is 0 Å². The van der Waals surface area contributed by atoms with Gasteiger partial charge in [0.15, 0.2) is 0 Å². The summed E-state index contributed by atoms with van der Waals surface area (Å²) in [6, 6.07) is 0. The Kier molecular flexibility index (Phi) is 5.08. The van der Waals surface area contributed by atoms with E-state index in [-0.39, 0.29) is 0 Å². The molecule has 0 N–H and O–H groups in total. The first-order chi connectivity index (χ1) is 9.15. The zero-order valence-electron chi connectivity index (χ0n) is 11.6. The van der Waals surface area contributed by atoms with Crippen LogP contribution in [0.1, 0.15) is 6.92 Å². The molecule has 1 rings (SSSR count). The van der Waals surface area contributed by atoms with Crippen molar-refractivity contribution in [2.75, 3.05) is 0 Å². The quantitative estimate of drug-likeness (QED) is 0.552. The third kappa shape index (κ3) is 2.58. The normalized spacial score (nSPS) is 16.3. The topological polar surface area (TPSA) is 0 Å². The minimum Gasteiger partial charge on any atom is -0.0990 e. The SMILES string of the molecule is C=C/C=C(/C=C)C1=C(C=C)C(/C=C\C)=C(C=C)C1=C. The molecule has 0 amide bonds. The van der Waals surface area contributed by atoms with Crippen LogP contribution < -0.4 is 0 Å². The second-order valence-corrected chi connectivity index (χ2v) is 4.06. The summed E-state index contributed by atoms with van der Waals surface area (Å²) in [4.78, 5) is 0. The summed E-state index contributed by atoms with van der Waals surface area (Å²) in [6.45, 7) is 21.6. The minimum atomic E-state index is 0.950. The van der Waals surface area contributed by atoms with Crippen molar-refractivity contribution in [3.63, 3.8) is 0 Å². The summed E-state index contributed by atoms with van der Waals surface area (Å²) in [5.74, 6) is 0. The summed E-state index contributed by atoms with van der Waals surface area (Å²) in [7, 11) is 0. The molecule has 0 saturated carbocycles. The molecule has 0 aromatic rings. The Morgan fingerprint density at radius 3 is 2.00 bits per heavy atom. The zero-order valence-corrected chi connectivity index (χ0v) is 11.6. The van der Waals surface area contributed by atoms with Crippen LogP contribution in [0.3, 0.4) is 0 Å². The largest absolute Gasteiger partial charge is 0.0990 e. The third-order valence-corrected chi connectivity index (χ3v) is 3.02. The molecule has 0 heteroatoms. The van der Waals surface area contributed by atoms with Crippen molar-refractivity contribution < 1.29 is 0 Å². The molecule has 0 aromatic heterocycles. The smallest absolute Gasteiger partial charge is 0.00328 e. The van der Waals surface area contributed by atoms with Gasteiger partial charge in [-0.1, -0.05) is 75.4 Å². The Balaban J connectivity index is 3.61. The average molecular weight is 248 g/mol. The van der Waals surface area contributed by atoms with Crippen LogP contribution >= 0.6 is 0 Å². The maximum absolute atomic E-state index is 4.18. The fourth-order valence-corrected chi connectivity index (χ4v) is 2.24. The number of allylic oxidation sites excluding steroid dienone is 13. The summed E-state index contributed by atoms with van der Waals surface area (Å²) in [5.41, 5.74) is 6.20. The highest BCUT2D eigenvalue weighted by atomic mass is 14.3. The van der Waals surface area contributed by atoms with Crippen LogP contribution in [-0.2, 0) is 0 Å². The van der Waals surface area contributed by atoms with E-state index in [2.05, 4.69) is 39.0 Å². The first kappa shape index (κ1) is 14.7. The lowest BCUT2D eigenvalue weighted by atomic mass is 9.95. The van der Waals surface area contributed by atoms with Crippen LogP contribution in [0.2, 0.25) is 0 Å². The van der Waals surface area contributed by atoms with E-state index in [1.807, 2.05) is 37.3 Å². The molecule has 1 aliphatic carbocycles. The summed E-state index contributed by atoms with van der Waals surface area (Å²) < 4.78 is 0. The van der Waals surface area contributed by atoms with Gasteiger partial charge in [-0.2, -0.15) is 0 Å². The molecule has 0 unspecified atom stereocenters. The van der Waals surface area contributed by atoms with Crippen LogP contribution in [0.25, 0.3) is 0 Å². The molecule has 0 aromatic carbocycles. The van der Waals surface area contributed by atoms with E-state index in [9.17, 15) is 0 Å². The predicted molar refractivity (Wildman–Crippen MR) is 86.9 cm³/mol. The Morgan fingerprint density at radius 1 is 0.947 bits per heavy atom. The lowest BCUT2D eigenvalue weighted by molar-refractivity contribution is 1.45. The first-order valence-electron chi connectivity index (χ1n) is 6.17. The Labute approximate surface area is 116 Å². The summed E-state index contributed by atoms with van der Waals surface area (Å²) >= 11 is 0. The predicted octanol–water partition coefficient (Wildman–Crippen LogP) is 5.40. The molecule has 0 aliphatic heterocycles. The van der Waals surface area contributed by atoms with E-state index in [4.69, 9.17) is 0 Å². The zero-order chi connectivity index (χ0) is 14.4. The first-order valence-corrected chi connectivity index (χ1v) is 6.17. The maximum Gasteiger partial charge on any atom is -0.00328 e. The second kappa shape index (κ2) is 6.55. The lowest BCUT2D eigenvalue weighted by Gasteiger charge is -2.08. The van der Waals surface area contributed by atoms with E-state index in [0.717, 1.165) is 33.4 Å². The van der Waals surface area contributed by atoms with Gasteiger partial charge >= 0.3 is 0 Å². The summed E-state index contributed by atoms with van der Waals surface area (Å²) in [6.07, 6.45) is 13.2. The van der Waals surface area contributed by atoms with Crippen LogP contribution in [0.5, 0.6) is 0 Å². The van der Waals surface area contributed by atoms with Gasteiger partial charge in [0.25, 0.3) is 0 Å². The lowest BCUT2D eigenvalue weighted by Crippen LogP contribution is -1.90. The molecule has 19 heavy (non-hydrogen) atoms. The Bertz CT molecular complexity index is 569. The van der Waals surface area contributed by atoms with Gasteiger partial charge < -0.3 is 0 Å². The van der Waals surface area contributed by atoms with Gasteiger partial charge in [0.2, 0.25) is 0 Å². The van der Waals surface area contributed by atoms with Gasteiger partial charge in [-0.15, -0.1) is 0 Å². The van der Waals surface area contributed by atoms with Crippen molar-refractivity contribution in [3.8, 4) is 0 Å². The average Bonchev–Trinajstić information content (AvgIpc) is 2.68. The third-order valence-electron chi connectivity index (χ3n) is 3.02. The van der Waals surface area contributed by atoms with Crippen molar-refractivity contribution in [2.45, 2.75) is 6.92 Å². The molecular formula is C19H20. The Hall–Kier alpha value is -2.34. The van der Waals surface area contributed by atoms with Gasteiger partial charge in [0.05, 0.1) is 0 Å². The van der Waals surface area contributed by atoms with Crippen molar-refractivity contribution in [2.24, 2.45) is 0 Å². The molecule has 0 bridgehead atoms. The molecule has 0 saturated heterocycles. The highest BCUT2D eigenvalue weighted by molar-refractivity contribution is 5.77. The molecule has 0 radical (unpaired) electrons. The Morgan fingerprint density at radius 2 is 1.58 bits per heavy atom. The molecule has 0 atom stereocenters. The van der Waals surface area contributed by atoms with Gasteiger partial charge in [0.1, 0.15) is 0 Å². The molecule has 0 fully saturated rings. The number of hydrogen-bond donors (Lipinski definition) is 0. The van der Waals surface area contributed by atoms with E-state index < -0.39 is 0 Å². The minimum absolute atomic E-state index is 0.950. The molecule has 1 aliphatic rings. The highest BCUT2D eigenvalue weighted by Gasteiger charge is 2.24. The summed E-state index contributed by atoms with van der Waals surface area (Å²) in [5, 5.41) is 0. The highest BCUT2D eigenvalue weighted by Crippen LogP contribution is 2.41. The van der Waals surface area contributed by atoms with Crippen LogP contribution in [0.4, 0.5) is 0 Å². The van der Waals surface area contributed by atoms with Gasteiger partial charge in [-0.05, 0) is 40.4 Å². The van der Waals surface area contributed by atoms with Crippen LogP contribution in [0, 0.1) is 0 Å². The molecular weight excluding hydrogens is 228 g/mol. The van der Waals surface area contributed by atoms with E-state index in [1.54, 1.807) is 6.08 Å². The maximum atomic E-state index is 4.18. The van der Waals surface area contributed by atoms with Gasteiger partial charge in [-0.25, -0.2) is 0 Å².